The summed E-state index contributed by atoms with van der Waals surface area (Å²) in [6, 6.07) is 5.32. The molecule has 0 saturated carbocycles. The predicted octanol–water partition coefficient (Wildman–Crippen LogP) is -0.418. The molecule has 142 valence electrons. The Morgan fingerprint density at radius 2 is 1.96 bits per heavy atom. The van der Waals surface area contributed by atoms with Crippen LogP contribution in [-0.2, 0) is 30.3 Å². The first kappa shape index (κ1) is 19.5. The highest BCUT2D eigenvalue weighted by molar-refractivity contribution is 5.98. The summed E-state index contributed by atoms with van der Waals surface area (Å²) in [7, 11) is 4.10. The van der Waals surface area contributed by atoms with Crippen LogP contribution in [0.4, 0.5) is 0 Å². The van der Waals surface area contributed by atoms with Crippen LogP contribution in [0.2, 0.25) is 0 Å². The molecule has 1 aliphatic rings. The Kier molecular flexibility index (Phi) is 6.04. The highest BCUT2D eigenvalue weighted by Crippen LogP contribution is 2.29. The number of ether oxygens (including phenoxy) is 4. The van der Waals surface area contributed by atoms with E-state index in [1.807, 2.05) is 6.07 Å². The fourth-order valence-corrected chi connectivity index (χ4v) is 2.67. The summed E-state index contributed by atoms with van der Waals surface area (Å²) in [5.41, 5.74) is -1.45. The Hall–Kier alpha value is -2.81. The maximum atomic E-state index is 12.2. The summed E-state index contributed by atoms with van der Waals surface area (Å²) in [4.78, 5) is 35.4. The van der Waals surface area contributed by atoms with Crippen LogP contribution < -0.4 is 14.8 Å². The van der Waals surface area contributed by atoms with Crippen LogP contribution in [0.15, 0.2) is 18.2 Å². The molecular weight excluding hydrogens is 346 g/mol. The zero-order valence-electron chi connectivity index (χ0n) is 14.7. The van der Waals surface area contributed by atoms with Gasteiger partial charge in [-0.15, -0.1) is 0 Å². The Labute approximate surface area is 150 Å². The lowest BCUT2D eigenvalue weighted by Gasteiger charge is -2.23. The van der Waals surface area contributed by atoms with Gasteiger partial charge in [0.1, 0.15) is 0 Å². The van der Waals surface area contributed by atoms with E-state index >= 15 is 0 Å². The Bertz CT molecular complexity index is 704. The van der Waals surface area contributed by atoms with Crippen LogP contribution in [0, 0.1) is 0 Å². The van der Waals surface area contributed by atoms with Crippen molar-refractivity contribution in [2.24, 2.45) is 0 Å². The van der Waals surface area contributed by atoms with E-state index in [2.05, 4.69) is 10.1 Å². The Morgan fingerprint density at radius 3 is 2.58 bits per heavy atom. The molecule has 2 atom stereocenters. The second-order valence-corrected chi connectivity index (χ2v) is 5.69. The van der Waals surface area contributed by atoms with Gasteiger partial charge in [0.15, 0.2) is 11.5 Å². The highest BCUT2D eigenvalue weighted by atomic mass is 16.6. The first-order valence-corrected chi connectivity index (χ1v) is 7.84. The van der Waals surface area contributed by atoms with E-state index in [0.717, 1.165) is 12.7 Å². The molecule has 2 rings (SSSR count). The first-order chi connectivity index (χ1) is 12.3. The van der Waals surface area contributed by atoms with Gasteiger partial charge < -0.3 is 29.4 Å². The third-order valence-corrected chi connectivity index (χ3v) is 4.03. The number of carbonyl (C=O) groups excluding carboxylic acids is 3. The Morgan fingerprint density at radius 1 is 1.27 bits per heavy atom. The van der Waals surface area contributed by atoms with Gasteiger partial charge in [-0.3, -0.25) is 9.59 Å². The summed E-state index contributed by atoms with van der Waals surface area (Å²) in [6.45, 7) is 0.194. The lowest BCUT2D eigenvalue weighted by Crippen LogP contribution is -2.54. The summed E-state index contributed by atoms with van der Waals surface area (Å²) in [6.07, 6.45) is -1.83. The number of benzene rings is 1. The number of amides is 1. The monoisotopic (exact) mass is 367 g/mol. The molecule has 0 aliphatic carbocycles. The molecule has 1 fully saturated rings. The number of hydrogen-bond acceptors (Lipinski definition) is 8. The molecule has 0 bridgehead atoms. The molecule has 1 saturated heterocycles. The van der Waals surface area contributed by atoms with Gasteiger partial charge in [-0.2, -0.15) is 0 Å². The maximum absolute atomic E-state index is 12.2. The van der Waals surface area contributed by atoms with Crippen molar-refractivity contribution in [3.05, 3.63) is 23.8 Å². The highest BCUT2D eigenvalue weighted by Gasteiger charge is 2.58. The van der Waals surface area contributed by atoms with Crippen molar-refractivity contribution >= 4 is 17.8 Å². The average molecular weight is 367 g/mol. The zero-order chi connectivity index (χ0) is 19.3. The van der Waals surface area contributed by atoms with Crippen LogP contribution >= 0.6 is 0 Å². The van der Waals surface area contributed by atoms with E-state index in [4.69, 9.17) is 14.2 Å². The molecule has 26 heavy (non-hydrogen) atoms. The number of aliphatic hydroxyl groups is 1. The molecule has 0 radical (unpaired) electrons. The van der Waals surface area contributed by atoms with Gasteiger partial charge in [-0.25, -0.2) is 4.79 Å². The van der Waals surface area contributed by atoms with E-state index in [0.29, 0.717) is 17.9 Å². The molecule has 0 unspecified atom stereocenters. The number of rotatable bonds is 7. The van der Waals surface area contributed by atoms with E-state index in [1.54, 1.807) is 12.1 Å². The SMILES string of the molecule is COC(=O)[C@@]1(O)CC(=O)O[C@@H]1C(=O)NCCc1ccc(OC)c(OC)c1. The molecule has 0 aromatic heterocycles. The molecule has 9 nitrogen and oxygen atoms in total. The quantitative estimate of drug-likeness (QED) is 0.624. The van der Waals surface area contributed by atoms with Gasteiger partial charge in [0.05, 0.1) is 27.8 Å². The van der Waals surface area contributed by atoms with E-state index < -0.39 is 36.0 Å². The standard InChI is InChI=1S/C17H21NO8/c1-23-11-5-4-10(8-12(11)24-2)6-7-18-15(20)14-17(22,16(21)25-3)9-13(19)26-14/h4-5,8,14,22H,6-7,9H2,1-3H3,(H,18,20)/t14-,17-/m1/s1. The molecule has 1 heterocycles. The zero-order valence-corrected chi connectivity index (χ0v) is 14.7. The van der Waals surface area contributed by atoms with Crippen molar-refractivity contribution in [2.45, 2.75) is 24.5 Å². The summed E-state index contributed by atoms with van der Waals surface area (Å²) >= 11 is 0. The van der Waals surface area contributed by atoms with Crippen molar-refractivity contribution in [1.29, 1.82) is 0 Å². The minimum atomic E-state index is -2.32. The molecule has 1 aliphatic heterocycles. The molecule has 9 heteroatoms. The fourth-order valence-electron chi connectivity index (χ4n) is 2.67. The van der Waals surface area contributed by atoms with Gasteiger partial charge in [0.25, 0.3) is 5.91 Å². The third-order valence-electron chi connectivity index (χ3n) is 4.03. The average Bonchev–Trinajstić information content (AvgIpc) is 2.96. The first-order valence-electron chi connectivity index (χ1n) is 7.84. The van der Waals surface area contributed by atoms with Gasteiger partial charge in [0.2, 0.25) is 11.7 Å². The smallest absolute Gasteiger partial charge is 0.343 e. The lowest BCUT2D eigenvalue weighted by atomic mass is 9.95. The van der Waals surface area contributed by atoms with Gasteiger partial charge in [-0.05, 0) is 24.1 Å². The molecule has 0 spiro atoms. The number of methoxy groups -OCH3 is 3. The number of hydrogen-bond donors (Lipinski definition) is 2. The van der Waals surface area contributed by atoms with E-state index in [9.17, 15) is 19.5 Å². The molecule has 1 aromatic rings. The second kappa shape index (κ2) is 8.05. The number of esters is 2. The minimum Gasteiger partial charge on any atom is -0.493 e. The van der Waals surface area contributed by atoms with Crippen molar-refractivity contribution < 1.29 is 38.4 Å². The largest absolute Gasteiger partial charge is 0.493 e. The predicted molar refractivity (Wildman–Crippen MR) is 87.7 cm³/mol. The molecular formula is C17H21NO8. The van der Waals surface area contributed by atoms with Crippen molar-refractivity contribution in [3.63, 3.8) is 0 Å². The summed E-state index contributed by atoms with van der Waals surface area (Å²) in [5.74, 6) is -1.58. The molecule has 1 amide bonds. The van der Waals surface area contributed by atoms with Crippen LogP contribution in [0.25, 0.3) is 0 Å². The van der Waals surface area contributed by atoms with E-state index in [1.165, 1.54) is 14.2 Å². The van der Waals surface area contributed by atoms with Crippen LogP contribution in [-0.4, -0.2) is 62.5 Å². The Balaban J connectivity index is 1.98. The molecule has 2 N–H and O–H groups in total. The third kappa shape index (κ3) is 3.88. The molecule has 1 aromatic carbocycles. The fraction of sp³-hybridized carbons (Fsp3) is 0.471. The van der Waals surface area contributed by atoms with Crippen molar-refractivity contribution in [3.8, 4) is 11.5 Å². The van der Waals surface area contributed by atoms with Gasteiger partial charge in [-0.1, -0.05) is 6.07 Å². The maximum Gasteiger partial charge on any atom is 0.343 e. The topological polar surface area (TPSA) is 120 Å². The van der Waals surface area contributed by atoms with E-state index in [-0.39, 0.29) is 6.54 Å². The number of carbonyl (C=O) groups is 3. The summed E-state index contributed by atoms with van der Waals surface area (Å²) in [5, 5.41) is 12.8. The van der Waals surface area contributed by atoms with Crippen LogP contribution in [0.3, 0.4) is 0 Å². The normalized spacial score (nSPS) is 21.7. The summed E-state index contributed by atoms with van der Waals surface area (Å²) < 4.78 is 19.6. The second-order valence-electron chi connectivity index (χ2n) is 5.69. The number of nitrogens with one attached hydrogen (secondary N) is 1. The van der Waals surface area contributed by atoms with Crippen molar-refractivity contribution in [1.82, 2.24) is 5.32 Å². The van der Waals surface area contributed by atoms with Crippen LogP contribution in [0.1, 0.15) is 12.0 Å². The minimum absolute atomic E-state index is 0.194. The number of cyclic esters (lactones) is 1. The lowest BCUT2D eigenvalue weighted by molar-refractivity contribution is -0.172. The van der Waals surface area contributed by atoms with Crippen molar-refractivity contribution in [2.75, 3.05) is 27.9 Å². The van der Waals surface area contributed by atoms with Gasteiger partial charge >= 0.3 is 11.9 Å². The van der Waals surface area contributed by atoms with Crippen LogP contribution in [0.5, 0.6) is 11.5 Å². The van der Waals surface area contributed by atoms with Gasteiger partial charge in [0, 0.05) is 6.54 Å².